The predicted octanol–water partition coefficient (Wildman–Crippen LogP) is 14.3. The van der Waals surface area contributed by atoms with E-state index < -0.39 is 91.5 Å². The van der Waals surface area contributed by atoms with Crippen LogP contribution >= 0.6 is 15.6 Å². The van der Waals surface area contributed by atoms with Crippen LogP contribution in [0.1, 0.15) is 226 Å². The first-order valence-corrected chi connectivity index (χ1v) is 31.6. The Morgan fingerprint density at radius 3 is 1.12 bits per heavy atom. The summed E-state index contributed by atoms with van der Waals surface area (Å²) in [4.78, 5) is 57.8. The summed E-state index contributed by atoms with van der Waals surface area (Å²) in [6.45, 7) is 2.45. The molecule has 4 N–H and O–H groups in total. The molecule has 75 heavy (non-hydrogen) atoms. The number of ether oxygens (including phenoxy) is 3. The first-order chi connectivity index (χ1) is 36.2. The van der Waals surface area contributed by atoms with E-state index in [1.165, 1.54) is 83.5 Å². The van der Waals surface area contributed by atoms with Gasteiger partial charge in [0.15, 0.2) is 6.10 Å². The molecule has 0 radical (unpaired) electrons. The van der Waals surface area contributed by atoms with Gasteiger partial charge in [0.25, 0.3) is 0 Å². The highest BCUT2D eigenvalue weighted by atomic mass is 31.2. The van der Waals surface area contributed by atoms with Crippen LogP contribution in [0, 0.1) is 0 Å². The minimum atomic E-state index is -4.91. The number of aliphatic hydroxyl groups is 2. The molecule has 0 saturated carbocycles. The molecule has 0 aliphatic rings. The van der Waals surface area contributed by atoms with Crippen LogP contribution in [0.2, 0.25) is 0 Å². The van der Waals surface area contributed by atoms with Crippen molar-refractivity contribution in [3.63, 3.8) is 0 Å². The molecule has 0 aliphatic carbocycles. The SMILES string of the molecule is CC/C=C\C/C=C\C/C=C\C/C=C\C/C=C\CCCC(=O)OCC(O)COP(=O)(O)OCC(O)COP(=O)(O)OCC(COC(=O)CCCCCCCCCCCCC)OC(=O)CCCCCCCCCCCCC. The Morgan fingerprint density at radius 2 is 0.707 bits per heavy atom. The number of carbonyl (C=O) groups is 3. The summed E-state index contributed by atoms with van der Waals surface area (Å²) in [5.41, 5.74) is 0. The third-order valence-electron chi connectivity index (χ3n) is 11.8. The highest BCUT2D eigenvalue weighted by Crippen LogP contribution is 2.45. The third kappa shape index (κ3) is 53.1. The van der Waals surface area contributed by atoms with Crippen molar-refractivity contribution in [2.75, 3.05) is 39.6 Å². The van der Waals surface area contributed by atoms with Crippen molar-refractivity contribution in [2.24, 2.45) is 0 Å². The molecule has 0 aromatic heterocycles. The summed E-state index contributed by atoms with van der Waals surface area (Å²) in [5, 5.41) is 20.4. The van der Waals surface area contributed by atoms with Gasteiger partial charge >= 0.3 is 33.6 Å². The molecule has 0 rings (SSSR count). The van der Waals surface area contributed by atoms with Gasteiger partial charge in [-0.2, -0.15) is 0 Å². The first-order valence-electron chi connectivity index (χ1n) is 28.6. The van der Waals surface area contributed by atoms with Crippen molar-refractivity contribution in [3.8, 4) is 0 Å². The number of aliphatic hydroxyl groups excluding tert-OH is 2. The number of phosphoric acid groups is 2. The average molecular weight is 1110 g/mol. The van der Waals surface area contributed by atoms with Gasteiger partial charge in [-0.1, -0.05) is 210 Å². The third-order valence-corrected chi connectivity index (χ3v) is 13.7. The minimum absolute atomic E-state index is 0.109. The average Bonchev–Trinajstić information content (AvgIpc) is 3.38. The number of hydrogen-bond donors (Lipinski definition) is 4. The lowest BCUT2D eigenvalue weighted by Crippen LogP contribution is -2.30. The molecule has 0 bridgehead atoms. The van der Waals surface area contributed by atoms with E-state index in [1.54, 1.807) is 0 Å². The van der Waals surface area contributed by atoms with Crippen molar-refractivity contribution in [3.05, 3.63) is 60.8 Å². The predicted molar refractivity (Wildman–Crippen MR) is 298 cm³/mol. The number of carbonyl (C=O) groups excluding carboxylic acids is 3. The first kappa shape index (κ1) is 72.2. The van der Waals surface area contributed by atoms with Crippen LogP contribution < -0.4 is 0 Å². The zero-order valence-corrected chi connectivity index (χ0v) is 48.2. The smallest absolute Gasteiger partial charge is 0.463 e. The standard InChI is InChI=1S/C57H102O16P2/c1-4-7-10-13-16-19-22-23-24-25-26-27-30-32-34-37-40-43-55(60)67-46-52(58)47-69-74(63,64)70-48-53(59)49-71-75(65,66)72-51-54(73-57(62)45-42-39-36-33-29-21-18-15-12-9-6-3)50-68-56(61)44-41-38-35-31-28-20-17-14-11-8-5-2/h7,10,16,19,23-24,26-27,32,34,52-54,58-59H,4-6,8-9,11-15,17-18,20-22,25,28-31,33,35-51H2,1-3H3,(H,63,64)(H,65,66)/b10-7-,19-16-,24-23-,27-26-,34-32-. The van der Waals surface area contributed by atoms with Gasteiger partial charge in [-0.15, -0.1) is 0 Å². The maximum atomic E-state index is 12.8. The highest BCUT2D eigenvalue weighted by Gasteiger charge is 2.29. The monoisotopic (exact) mass is 1100 g/mol. The molecule has 0 spiro atoms. The van der Waals surface area contributed by atoms with Gasteiger partial charge in [-0.3, -0.25) is 32.5 Å². The second-order valence-corrected chi connectivity index (χ2v) is 22.0. The molecule has 16 nitrogen and oxygen atoms in total. The van der Waals surface area contributed by atoms with E-state index in [2.05, 4.69) is 69.4 Å². The summed E-state index contributed by atoms with van der Waals surface area (Å²) in [6, 6.07) is 0. The fraction of sp³-hybridized carbons (Fsp3) is 0.772. The quantitative estimate of drug-likeness (QED) is 0.0146. The molecule has 0 aromatic carbocycles. The summed E-state index contributed by atoms with van der Waals surface area (Å²) in [5.74, 6) is -1.63. The molecule has 18 heteroatoms. The van der Waals surface area contributed by atoms with Crippen LogP contribution in [-0.2, 0) is 55.8 Å². The zero-order valence-electron chi connectivity index (χ0n) is 46.5. The maximum absolute atomic E-state index is 12.8. The molecule has 0 aromatic rings. The topological polar surface area (TPSA) is 231 Å². The highest BCUT2D eigenvalue weighted by molar-refractivity contribution is 7.47. The van der Waals surface area contributed by atoms with E-state index in [0.29, 0.717) is 25.7 Å². The van der Waals surface area contributed by atoms with E-state index in [9.17, 15) is 43.5 Å². The van der Waals surface area contributed by atoms with Gasteiger partial charge in [0.1, 0.15) is 25.4 Å². The number of unbranched alkanes of at least 4 members (excludes halogenated alkanes) is 21. The zero-order chi connectivity index (χ0) is 55.4. The van der Waals surface area contributed by atoms with E-state index in [4.69, 9.17) is 32.3 Å². The van der Waals surface area contributed by atoms with Gasteiger partial charge in [0.05, 0.1) is 26.4 Å². The molecule has 436 valence electrons. The van der Waals surface area contributed by atoms with Crippen LogP contribution in [-0.4, -0.2) is 95.9 Å². The maximum Gasteiger partial charge on any atom is 0.472 e. The second-order valence-electron chi connectivity index (χ2n) is 19.1. The summed E-state index contributed by atoms with van der Waals surface area (Å²) >= 11 is 0. The second kappa shape index (κ2) is 52.0. The number of rotatable bonds is 54. The van der Waals surface area contributed by atoms with Crippen LogP contribution in [0.15, 0.2) is 60.8 Å². The lowest BCUT2D eigenvalue weighted by Gasteiger charge is -2.21. The van der Waals surface area contributed by atoms with E-state index in [0.717, 1.165) is 77.0 Å². The van der Waals surface area contributed by atoms with Crippen LogP contribution in [0.4, 0.5) is 0 Å². The van der Waals surface area contributed by atoms with E-state index in [1.807, 2.05) is 12.2 Å². The molecule has 0 fully saturated rings. The lowest BCUT2D eigenvalue weighted by molar-refractivity contribution is -0.161. The fourth-order valence-electron chi connectivity index (χ4n) is 7.37. The number of hydrogen-bond acceptors (Lipinski definition) is 14. The van der Waals surface area contributed by atoms with Crippen molar-refractivity contribution in [1.29, 1.82) is 0 Å². The van der Waals surface area contributed by atoms with Crippen LogP contribution in [0.3, 0.4) is 0 Å². The fourth-order valence-corrected chi connectivity index (χ4v) is 8.95. The number of esters is 3. The van der Waals surface area contributed by atoms with Crippen molar-refractivity contribution in [1.82, 2.24) is 0 Å². The van der Waals surface area contributed by atoms with Crippen molar-refractivity contribution >= 4 is 33.6 Å². The van der Waals surface area contributed by atoms with E-state index in [-0.39, 0.29) is 19.3 Å². The Balaban J connectivity index is 4.65. The normalized spacial score (nSPS) is 15.0. The summed E-state index contributed by atoms with van der Waals surface area (Å²) in [6.07, 6.45) is 47.4. The number of allylic oxidation sites excluding steroid dienone is 10. The van der Waals surface area contributed by atoms with Gasteiger partial charge in [-0.25, -0.2) is 9.13 Å². The molecular weight excluding hydrogens is 1000 g/mol. The molecular formula is C57H102O16P2. The molecule has 0 heterocycles. The van der Waals surface area contributed by atoms with Gasteiger partial charge < -0.3 is 34.2 Å². The van der Waals surface area contributed by atoms with Crippen LogP contribution in [0.5, 0.6) is 0 Å². The van der Waals surface area contributed by atoms with Crippen LogP contribution in [0.25, 0.3) is 0 Å². The van der Waals surface area contributed by atoms with E-state index >= 15 is 0 Å². The molecule has 5 atom stereocenters. The van der Waals surface area contributed by atoms with Gasteiger partial charge in [-0.05, 0) is 57.8 Å². The molecule has 0 saturated heterocycles. The Kier molecular flexibility index (Phi) is 50.1. The van der Waals surface area contributed by atoms with Gasteiger partial charge in [0.2, 0.25) is 0 Å². The van der Waals surface area contributed by atoms with Crippen molar-refractivity contribution in [2.45, 2.75) is 245 Å². The van der Waals surface area contributed by atoms with Crippen molar-refractivity contribution < 1.29 is 75.8 Å². The Morgan fingerprint density at radius 1 is 0.387 bits per heavy atom. The molecule has 0 amide bonds. The summed E-state index contributed by atoms with van der Waals surface area (Å²) in [7, 11) is -9.75. The summed E-state index contributed by atoms with van der Waals surface area (Å²) < 4.78 is 60.4. The lowest BCUT2D eigenvalue weighted by atomic mass is 10.1. The minimum Gasteiger partial charge on any atom is -0.463 e. The Labute approximate surface area is 452 Å². The molecule has 0 aliphatic heterocycles. The largest absolute Gasteiger partial charge is 0.472 e. The Bertz CT molecular complexity index is 1630. The number of phosphoric ester groups is 2. The Hall–Kier alpha value is -2.75. The molecule has 5 unspecified atom stereocenters. The van der Waals surface area contributed by atoms with Gasteiger partial charge in [0, 0.05) is 19.3 Å².